The van der Waals surface area contributed by atoms with Crippen LogP contribution in [0.2, 0.25) is 0 Å². The number of nitrogens with zero attached hydrogens (tertiary/aromatic N) is 3. The molecule has 22 heavy (non-hydrogen) atoms. The van der Waals surface area contributed by atoms with Gasteiger partial charge in [0.05, 0.1) is 17.2 Å². The second-order valence-electron chi connectivity index (χ2n) is 4.95. The standard InChI is InChI=1S/C16H14N4O2/c1-11-8-16(19-10-15(11)20(21)22)18-9-14-13-5-3-2-4-12(13)6-7-17-14/h2-8,10H,9H2,1H3,(H,18,19). The minimum Gasteiger partial charge on any atom is -0.364 e. The topological polar surface area (TPSA) is 81.0 Å². The number of fused-ring (bicyclic) bond motifs is 1. The summed E-state index contributed by atoms with van der Waals surface area (Å²) in [4.78, 5) is 18.8. The molecule has 1 aromatic carbocycles. The highest BCUT2D eigenvalue weighted by atomic mass is 16.6. The van der Waals surface area contributed by atoms with E-state index in [1.165, 1.54) is 6.20 Å². The first-order valence-corrected chi connectivity index (χ1v) is 6.82. The zero-order chi connectivity index (χ0) is 15.5. The number of hydrogen-bond donors (Lipinski definition) is 1. The number of hydrogen-bond acceptors (Lipinski definition) is 5. The maximum Gasteiger partial charge on any atom is 0.290 e. The van der Waals surface area contributed by atoms with Gasteiger partial charge < -0.3 is 5.32 Å². The van der Waals surface area contributed by atoms with E-state index >= 15 is 0 Å². The monoisotopic (exact) mass is 294 g/mol. The summed E-state index contributed by atoms with van der Waals surface area (Å²) in [6.45, 7) is 2.20. The van der Waals surface area contributed by atoms with Crippen molar-refractivity contribution >= 4 is 22.3 Å². The van der Waals surface area contributed by atoms with Gasteiger partial charge in [-0.15, -0.1) is 0 Å². The van der Waals surface area contributed by atoms with Gasteiger partial charge in [-0.2, -0.15) is 0 Å². The molecular formula is C16H14N4O2. The number of anilines is 1. The Morgan fingerprint density at radius 2 is 2.05 bits per heavy atom. The van der Waals surface area contributed by atoms with Crippen molar-refractivity contribution in [1.82, 2.24) is 9.97 Å². The van der Waals surface area contributed by atoms with Gasteiger partial charge in [0.1, 0.15) is 12.0 Å². The number of rotatable bonds is 4. The van der Waals surface area contributed by atoms with Crippen LogP contribution in [0, 0.1) is 17.0 Å². The van der Waals surface area contributed by atoms with Gasteiger partial charge in [0, 0.05) is 17.1 Å². The summed E-state index contributed by atoms with van der Waals surface area (Å²) < 4.78 is 0. The van der Waals surface area contributed by atoms with Crippen LogP contribution >= 0.6 is 0 Å². The van der Waals surface area contributed by atoms with E-state index in [-0.39, 0.29) is 5.69 Å². The van der Waals surface area contributed by atoms with Gasteiger partial charge in [0.15, 0.2) is 0 Å². The number of nitro groups is 1. The van der Waals surface area contributed by atoms with Gasteiger partial charge in [0.25, 0.3) is 5.69 Å². The first-order valence-electron chi connectivity index (χ1n) is 6.82. The molecule has 3 aromatic rings. The van der Waals surface area contributed by atoms with Crippen molar-refractivity contribution in [1.29, 1.82) is 0 Å². The van der Waals surface area contributed by atoms with Gasteiger partial charge in [-0.05, 0) is 24.4 Å². The Balaban J connectivity index is 1.82. The van der Waals surface area contributed by atoms with Crippen LogP contribution < -0.4 is 5.32 Å². The Kier molecular flexibility index (Phi) is 3.65. The van der Waals surface area contributed by atoms with Crippen LogP contribution in [0.25, 0.3) is 10.8 Å². The summed E-state index contributed by atoms with van der Waals surface area (Å²) in [6, 6.07) is 11.7. The number of benzene rings is 1. The van der Waals surface area contributed by atoms with Gasteiger partial charge in [-0.1, -0.05) is 24.3 Å². The summed E-state index contributed by atoms with van der Waals surface area (Å²) >= 11 is 0. The molecule has 1 N–H and O–H groups in total. The van der Waals surface area contributed by atoms with Crippen molar-refractivity contribution in [2.75, 3.05) is 5.32 Å². The third-order valence-electron chi connectivity index (χ3n) is 3.47. The average molecular weight is 294 g/mol. The third kappa shape index (κ3) is 2.71. The average Bonchev–Trinajstić information content (AvgIpc) is 2.52. The lowest BCUT2D eigenvalue weighted by Crippen LogP contribution is -2.04. The lowest BCUT2D eigenvalue weighted by Gasteiger charge is -2.08. The molecule has 0 amide bonds. The molecule has 0 saturated carbocycles. The van der Waals surface area contributed by atoms with E-state index in [4.69, 9.17) is 0 Å². The zero-order valence-electron chi connectivity index (χ0n) is 12.0. The molecule has 2 heterocycles. The maximum absolute atomic E-state index is 10.8. The van der Waals surface area contributed by atoms with E-state index < -0.39 is 4.92 Å². The Bertz CT molecular complexity index is 843. The van der Waals surface area contributed by atoms with E-state index in [0.29, 0.717) is 17.9 Å². The Morgan fingerprint density at radius 1 is 1.23 bits per heavy atom. The number of pyridine rings is 2. The minimum absolute atomic E-state index is 0.0221. The molecule has 0 radical (unpaired) electrons. The molecule has 0 fully saturated rings. The normalized spacial score (nSPS) is 10.6. The molecule has 6 heteroatoms. The van der Waals surface area contributed by atoms with Crippen molar-refractivity contribution in [3.05, 3.63) is 70.2 Å². The Hall–Kier alpha value is -3.02. The van der Waals surface area contributed by atoms with Gasteiger partial charge in [-0.3, -0.25) is 15.1 Å². The second kappa shape index (κ2) is 5.77. The number of nitrogens with one attached hydrogen (secondary N) is 1. The van der Waals surface area contributed by atoms with E-state index in [2.05, 4.69) is 15.3 Å². The van der Waals surface area contributed by atoms with E-state index in [9.17, 15) is 10.1 Å². The van der Waals surface area contributed by atoms with Gasteiger partial charge in [-0.25, -0.2) is 4.98 Å². The molecule has 2 aromatic heterocycles. The van der Waals surface area contributed by atoms with Crippen molar-refractivity contribution in [3.8, 4) is 0 Å². The summed E-state index contributed by atoms with van der Waals surface area (Å²) in [6.07, 6.45) is 3.04. The SMILES string of the molecule is Cc1cc(NCc2nccc3ccccc23)ncc1[N+](=O)[O-]. The molecule has 0 aliphatic carbocycles. The fourth-order valence-electron chi connectivity index (χ4n) is 2.33. The summed E-state index contributed by atoms with van der Waals surface area (Å²) in [5.41, 5.74) is 1.51. The minimum atomic E-state index is -0.432. The first-order chi connectivity index (χ1) is 10.6. The quantitative estimate of drug-likeness (QED) is 0.588. The van der Waals surface area contributed by atoms with Crippen molar-refractivity contribution < 1.29 is 4.92 Å². The molecular weight excluding hydrogens is 280 g/mol. The molecule has 0 spiro atoms. The van der Waals surface area contributed by atoms with Crippen LogP contribution in [0.4, 0.5) is 11.5 Å². The van der Waals surface area contributed by atoms with Crippen molar-refractivity contribution in [3.63, 3.8) is 0 Å². The second-order valence-corrected chi connectivity index (χ2v) is 4.95. The molecule has 0 aliphatic rings. The molecule has 0 atom stereocenters. The van der Waals surface area contributed by atoms with Crippen LogP contribution in [0.5, 0.6) is 0 Å². The number of aryl methyl sites for hydroxylation is 1. The smallest absolute Gasteiger partial charge is 0.290 e. The van der Waals surface area contributed by atoms with Crippen LogP contribution in [0.1, 0.15) is 11.3 Å². The lowest BCUT2D eigenvalue weighted by molar-refractivity contribution is -0.385. The fraction of sp³-hybridized carbons (Fsp3) is 0.125. The lowest BCUT2D eigenvalue weighted by atomic mass is 10.1. The largest absolute Gasteiger partial charge is 0.364 e. The highest BCUT2D eigenvalue weighted by Crippen LogP contribution is 2.20. The number of aromatic nitrogens is 2. The van der Waals surface area contributed by atoms with Crippen LogP contribution in [0.3, 0.4) is 0 Å². The van der Waals surface area contributed by atoms with Gasteiger partial charge >= 0.3 is 0 Å². The molecule has 0 bridgehead atoms. The van der Waals surface area contributed by atoms with E-state index in [0.717, 1.165) is 16.5 Å². The van der Waals surface area contributed by atoms with Crippen LogP contribution in [0.15, 0.2) is 48.8 Å². The predicted molar refractivity (Wildman–Crippen MR) is 84.7 cm³/mol. The van der Waals surface area contributed by atoms with Crippen molar-refractivity contribution in [2.45, 2.75) is 13.5 Å². The fourth-order valence-corrected chi connectivity index (χ4v) is 2.33. The van der Waals surface area contributed by atoms with Crippen molar-refractivity contribution in [2.24, 2.45) is 0 Å². The van der Waals surface area contributed by atoms with Crippen LogP contribution in [-0.4, -0.2) is 14.9 Å². The molecule has 0 saturated heterocycles. The van der Waals surface area contributed by atoms with Crippen LogP contribution in [-0.2, 0) is 6.54 Å². The summed E-state index contributed by atoms with van der Waals surface area (Å²) in [5.74, 6) is 0.595. The molecule has 110 valence electrons. The maximum atomic E-state index is 10.8. The molecule has 6 nitrogen and oxygen atoms in total. The van der Waals surface area contributed by atoms with Gasteiger partial charge in [0.2, 0.25) is 0 Å². The molecule has 0 unspecified atom stereocenters. The Labute approximate surface area is 127 Å². The molecule has 0 aliphatic heterocycles. The Morgan fingerprint density at radius 3 is 2.82 bits per heavy atom. The summed E-state index contributed by atoms with van der Waals surface area (Å²) in [5, 5.41) is 16.2. The zero-order valence-corrected chi connectivity index (χ0v) is 12.0. The first kappa shape index (κ1) is 13.9. The van der Waals surface area contributed by atoms with E-state index in [1.807, 2.05) is 30.3 Å². The molecule has 3 rings (SSSR count). The third-order valence-corrected chi connectivity index (χ3v) is 3.47. The predicted octanol–water partition coefficient (Wildman–Crippen LogP) is 3.46. The van der Waals surface area contributed by atoms with E-state index in [1.54, 1.807) is 19.2 Å². The highest BCUT2D eigenvalue weighted by Gasteiger charge is 2.11. The summed E-state index contributed by atoms with van der Waals surface area (Å²) in [7, 11) is 0. The highest BCUT2D eigenvalue weighted by molar-refractivity contribution is 5.84.